The fraction of sp³-hybridized carbons (Fsp3) is 0.562. The van der Waals surface area contributed by atoms with E-state index in [0.29, 0.717) is 18.5 Å². The molecule has 122 valence electrons. The van der Waals surface area contributed by atoms with Gasteiger partial charge >= 0.3 is 6.18 Å². The highest BCUT2D eigenvalue weighted by molar-refractivity contribution is 5.78. The lowest BCUT2D eigenvalue weighted by molar-refractivity contribution is -0.137. The van der Waals surface area contributed by atoms with Crippen LogP contribution in [0.15, 0.2) is 24.3 Å². The third-order valence-electron chi connectivity index (χ3n) is 3.99. The monoisotopic (exact) mass is 315 g/mol. The second-order valence-corrected chi connectivity index (χ2v) is 5.86. The van der Waals surface area contributed by atoms with E-state index in [1.807, 2.05) is 0 Å². The van der Waals surface area contributed by atoms with Crippen LogP contribution >= 0.6 is 0 Å². The van der Waals surface area contributed by atoms with Gasteiger partial charge in [-0.15, -0.1) is 0 Å². The lowest BCUT2D eigenvalue weighted by Gasteiger charge is -2.25. The summed E-state index contributed by atoms with van der Waals surface area (Å²) in [6.45, 7) is 0.510. The predicted octanol–water partition coefficient (Wildman–Crippen LogP) is 2.92. The Morgan fingerprint density at radius 3 is 2.50 bits per heavy atom. The minimum Gasteiger partial charge on any atom is -0.393 e. The van der Waals surface area contributed by atoms with E-state index in [4.69, 9.17) is 0 Å². The van der Waals surface area contributed by atoms with Crippen LogP contribution < -0.4 is 5.32 Å². The average Bonchev–Trinajstić information content (AvgIpc) is 2.45. The van der Waals surface area contributed by atoms with Crippen molar-refractivity contribution in [3.8, 4) is 0 Å². The van der Waals surface area contributed by atoms with Crippen LogP contribution in [-0.4, -0.2) is 23.7 Å². The Labute approximate surface area is 127 Å². The summed E-state index contributed by atoms with van der Waals surface area (Å²) >= 11 is 0. The van der Waals surface area contributed by atoms with Gasteiger partial charge in [0.05, 0.1) is 18.1 Å². The second kappa shape index (κ2) is 7.13. The molecule has 1 aliphatic rings. The molecule has 0 aliphatic heterocycles. The first-order chi connectivity index (χ1) is 10.3. The summed E-state index contributed by atoms with van der Waals surface area (Å²) in [4.78, 5) is 11.8. The normalized spacial score (nSPS) is 22.4. The van der Waals surface area contributed by atoms with Crippen molar-refractivity contribution in [2.45, 2.75) is 44.4 Å². The van der Waals surface area contributed by atoms with E-state index >= 15 is 0 Å². The maximum absolute atomic E-state index is 12.4. The SMILES string of the molecule is O=C(Cc1ccc(C(F)(F)F)cc1)NCC1CCCC(O)C1. The van der Waals surface area contributed by atoms with E-state index in [-0.39, 0.29) is 24.3 Å². The zero-order valence-corrected chi connectivity index (χ0v) is 12.2. The topological polar surface area (TPSA) is 49.3 Å². The molecule has 0 bridgehead atoms. The number of aliphatic hydroxyl groups excluding tert-OH is 1. The molecule has 0 radical (unpaired) electrons. The van der Waals surface area contributed by atoms with Gasteiger partial charge in [-0.25, -0.2) is 0 Å². The van der Waals surface area contributed by atoms with Crippen molar-refractivity contribution in [1.82, 2.24) is 5.32 Å². The molecule has 0 saturated heterocycles. The molecule has 1 aromatic rings. The van der Waals surface area contributed by atoms with Crippen LogP contribution in [0.2, 0.25) is 0 Å². The van der Waals surface area contributed by atoms with Crippen molar-refractivity contribution in [2.75, 3.05) is 6.54 Å². The van der Waals surface area contributed by atoms with Crippen LogP contribution in [0.5, 0.6) is 0 Å². The van der Waals surface area contributed by atoms with E-state index in [0.717, 1.165) is 31.4 Å². The third-order valence-corrected chi connectivity index (χ3v) is 3.99. The van der Waals surface area contributed by atoms with Gasteiger partial charge in [0.2, 0.25) is 5.91 Å². The van der Waals surface area contributed by atoms with Gasteiger partial charge in [-0.05, 0) is 42.9 Å². The number of rotatable bonds is 4. The number of hydrogen-bond donors (Lipinski definition) is 2. The van der Waals surface area contributed by atoms with Gasteiger partial charge in [-0.1, -0.05) is 18.6 Å². The molecule has 0 spiro atoms. The predicted molar refractivity (Wildman–Crippen MR) is 76.1 cm³/mol. The summed E-state index contributed by atoms with van der Waals surface area (Å²) in [6.07, 6.45) is -1.13. The van der Waals surface area contributed by atoms with Crippen molar-refractivity contribution >= 4 is 5.91 Å². The van der Waals surface area contributed by atoms with E-state index in [9.17, 15) is 23.1 Å². The van der Waals surface area contributed by atoms with Gasteiger partial charge in [0.1, 0.15) is 0 Å². The zero-order valence-electron chi connectivity index (χ0n) is 12.2. The number of alkyl halides is 3. The Balaban J connectivity index is 1.79. The van der Waals surface area contributed by atoms with Crippen LogP contribution in [-0.2, 0) is 17.4 Å². The van der Waals surface area contributed by atoms with Crippen LogP contribution in [0.25, 0.3) is 0 Å². The molecule has 1 fully saturated rings. The number of nitrogens with one attached hydrogen (secondary N) is 1. The summed E-state index contributed by atoms with van der Waals surface area (Å²) in [6, 6.07) is 4.62. The van der Waals surface area contributed by atoms with Gasteiger partial charge < -0.3 is 10.4 Å². The van der Waals surface area contributed by atoms with Gasteiger partial charge in [0, 0.05) is 6.54 Å². The van der Waals surface area contributed by atoms with Crippen LogP contribution in [0.1, 0.15) is 36.8 Å². The van der Waals surface area contributed by atoms with Crippen molar-refractivity contribution < 1.29 is 23.1 Å². The second-order valence-electron chi connectivity index (χ2n) is 5.86. The first kappa shape index (κ1) is 16.8. The highest BCUT2D eigenvalue weighted by atomic mass is 19.4. The third kappa shape index (κ3) is 5.02. The molecule has 2 rings (SSSR count). The molecule has 1 saturated carbocycles. The molecule has 2 unspecified atom stereocenters. The van der Waals surface area contributed by atoms with Crippen LogP contribution in [0, 0.1) is 5.92 Å². The molecule has 1 aliphatic carbocycles. The molecular formula is C16H20F3NO2. The summed E-state index contributed by atoms with van der Waals surface area (Å²) in [5, 5.41) is 12.4. The largest absolute Gasteiger partial charge is 0.416 e. The minimum atomic E-state index is -4.36. The highest BCUT2D eigenvalue weighted by Gasteiger charge is 2.30. The van der Waals surface area contributed by atoms with Crippen molar-refractivity contribution in [2.24, 2.45) is 5.92 Å². The molecule has 6 heteroatoms. The summed E-state index contributed by atoms with van der Waals surface area (Å²) < 4.78 is 37.3. The van der Waals surface area contributed by atoms with Crippen LogP contribution in [0.3, 0.4) is 0 Å². The quantitative estimate of drug-likeness (QED) is 0.897. The summed E-state index contributed by atoms with van der Waals surface area (Å²) in [5.74, 6) is 0.0696. The Morgan fingerprint density at radius 2 is 1.91 bits per heavy atom. The maximum atomic E-state index is 12.4. The Kier molecular flexibility index (Phi) is 5.45. The molecule has 3 nitrogen and oxygen atoms in total. The van der Waals surface area contributed by atoms with E-state index in [2.05, 4.69) is 5.32 Å². The highest BCUT2D eigenvalue weighted by Crippen LogP contribution is 2.29. The Bertz CT molecular complexity index is 499. The molecule has 1 amide bonds. The fourth-order valence-corrected chi connectivity index (χ4v) is 2.77. The smallest absolute Gasteiger partial charge is 0.393 e. The van der Waals surface area contributed by atoms with Gasteiger partial charge in [0.15, 0.2) is 0 Å². The van der Waals surface area contributed by atoms with Gasteiger partial charge in [-0.3, -0.25) is 4.79 Å². The Morgan fingerprint density at radius 1 is 1.23 bits per heavy atom. The number of amides is 1. The van der Waals surface area contributed by atoms with Gasteiger partial charge in [0.25, 0.3) is 0 Å². The number of carbonyl (C=O) groups excluding carboxylic acids is 1. The van der Waals surface area contributed by atoms with Crippen molar-refractivity contribution in [3.63, 3.8) is 0 Å². The number of carbonyl (C=O) groups is 1. The standard InChI is InChI=1S/C16H20F3NO2/c17-16(18,19)13-6-4-11(5-7-13)9-15(22)20-10-12-2-1-3-14(21)8-12/h4-7,12,14,21H,1-3,8-10H2,(H,20,22). The molecule has 22 heavy (non-hydrogen) atoms. The number of aliphatic hydroxyl groups is 1. The van der Waals surface area contributed by atoms with E-state index < -0.39 is 11.7 Å². The molecule has 2 N–H and O–H groups in total. The molecule has 2 atom stereocenters. The molecule has 1 aromatic carbocycles. The first-order valence-corrected chi connectivity index (χ1v) is 7.45. The molecular weight excluding hydrogens is 295 g/mol. The minimum absolute atomic E-state index is 0.0629. The lowest BCUT2D eigenvalue weighted by atomic mass is 9.87. The van der Waals surface area contributed by atoms with E-state index in [1.54, 1.807) is 0 Å². The zero-order chi connectivity index (χ0) is 16.2. The van der Waals surface area contributed by atoms with Crippen molar-refractivity contribution in [1.29, 1.82) is 0 Å². The average molecular weight is 315 g/mol. The first-order valence-electron chi connectivity index (χ1n) is 7.45. The molecule has 0 heterocycles. The Hall–Kier alpha value is -1.56. The number of halogens is 3. The van der Waals surface area contributed by atoms with E-state index in [1.165, 1.54) is 12.1 Å². The summed E-state index contributed by atoms with van der Waals surface area (Å²) in [5.41, 5.74) is -0.165. The fourth-order valence-electron chi connectivity index (χ4n) is 2.77. The lowest BCUT2D eigenvalue weighted by Crippen LogP contribution is -2.33. The summed E-state index contributed by atoms with van der Waals surface area (Å²) in [7, 11) is 0. The molecule has 0 aromatic heterocycles. The number of benzene rings is 1. The van der Waals surface area contributed by atoms with Gasteiger partial charge in [-0.2, -0.15) is 13.2 Å². The van der Waals surface area contributed by atoms with Crippen molar-refractivity contribution in [3.05, 3.63) is 35.4 Å². The maximum Gasteiger partial charge on any atom is 0.416 e. The van der Waals surface area contributed by atoms with Crippen LogP contribution in [0.4, 0.5) is 13.2 Å². The number of hydrogen-bond acceptors (Lipinski definition) is 2.